The van der Waals surface area contributed by atoms with Crippen molar-refractivity contribution in [3.8, 4) is 0 Å². The average Bonchev–Trinajstić information content (AvgIpc) is 2.90. The lowest BCUT2D eigenvalue weighted by molar-refractivity contribution is -0.129. The molecule has 2 aromatic rings. The van der Waals surface area contributed by atoms with Crippen LogP contribution in [0.5, 0.6) is 0 Å². The van der Waals surface area contributed by atoms with Crippen LogP contribution in [0.2, 0.25) is 0 Å². The van der Waals surface area contributed by atoms with Gasteiger partial charge in [0.1, 0.15) is 5.69 Å². The molecule has 0 spiro atoms. The highest BCUT2D eigenvalue weighted by atomic mass is 16.4. The van der Waals surface area contributed by atoms with Gasteiger partial charge >= 0.3 is 5.97 Å². The highest BCUT2D eigenvalue weighted by Crippen LogP contribution is 2.24. The number of fused-ring (bicyclic) bond motifs is 1. The van der Waals surface area contributed by atoms with Crippen LogP contribution in [0.25, 0.3) is 10.9 Å². The summed E-state index contributed by atoms with van der Waals surface area (Å²) in [5.41, 5.74) is 2.07. The number of amides is 1. The molecule has 0 unspecified atom stereocenters. The molecule has 6 nitrogen and oxygen atoms in total. The number of aromatic nitrogens is 1. The van der Waals surface area contributed by atoms with Gasteiger partial charge in [0.15, 0.2) is 0 Å². The number of piperazine rings is 1. The number of H-pyrrole nitrogens is 1. The maximum absolute atomic E-state index is 11.3. The van der Waals surface area contributed by atoms with Crippen molar-refractivity contribution < 1.29 is 14.7 Å². The zero-order chi connectivity index (χ0) is 15.0. The number of hydrogen-bond acceptors (Lipinski definition) is 3. The minimum Gasteiger partial charge on any atom is -0.477 e. The van der Waals surface area contributed by atoms with Gasteiger partial charge in [-0.05, 0) is 24.3 Å². The fourth-order valence-electron chi connectivity index (χ4n) is 2.71. The molecule has 21 heavy (non-hydrogen) atoms. The number of hydrogen-bond donors (Lipinski definition) is 2. The fraction of sp³-hybridized carbons (Fsp3) is 0.333. The van der Waals surface area contributed by atoms with Gasteiger partial charge in [-0.3, -0.25) is 4.79 Å². The number of carbonyl (C=O) groups is 2. The Morgan fingerprint density at radius 3 is 2.48 bits per heavy atom. The summed E-state index contributed by atoms with van der Waals surface area (Å²) in [7, 11) is 0. The number of aromatic carboxylic acids is 1. The smallest absolute Gasteiger partial charge is 0.352 e. The normalized spacial score (nSPS) is 15.5. The van der Waals surface area contributed by atoms with Crippen molar-refractivity contribution in [2.24, 2.45) is 0 Å². The van der Waals surface area contributed by atoms with Crippen molar-refractivity contribution in [1.29, 1.82) is 0 Å². The summed E-state index contributed by atoms with van der Waals surface area (Å²) < 4.78 is 0. The van der Waals surface area contributed by atoms with E-state index >= 15 is 0 Å². The summed E-state index contributed by atoms with van der Waals surface area (Å²) in [4.78, 5) is 29.2. The van der Waals surface area contributed by atoms with Crippen LogP contribution in [0.1, 0.15) is 17.4 Å². The van der Waals surface area contributed by atoms with E-state index < -0.39 is 5.97 Å². The van der Waals surface area contributed by atoms with Crippen molar-refractivity contribution in [3.63, 3.8) is 0 Å². The van der Waals surface area contributed by atoms with Gasteiger partial charge in [-0.1, -0.05) is 0 Å². The summed E-state index contributed by atoms with van der Waals surface area (Å²) in [5.74, 6) is -0.843. The third-order valence-electron chi connectivity index (χ3n) is 3.92. The molecule has 3 rings (SSSR count). The minimum atomic E-state index is -0.956. The number of benzene rings is 1. The lowest BCUT2D eigenvalue weighted by atomic mass is 10.2. The van der Waals surface area contributed by atoms with E-state index in [2.05, 4.69) is 9.88 Å². The molecule has 1 aliphatic heterocycles. The molecule has 1 amide bonds. The van der Waals surface area contributed by atoms with E-state index in [4.69, 9.17) is 5.11 Å². The number of anilines is 1. The maximum Gasteiger partial charge on any atom is 0.352 e. The van der Waals surface area contributed by atoms with Gasteiger partial charge in [-0.25, -0.2) is 4.79 Å². The number of nitrogens with one attached hydrogen (secondary N) is 1. The van der Waals surface area contributed by atoms with Crippen molar-refractivity contribution >= 4 is 28.5 Å². The molecule has 1 fully saturated rings. The Hall–Kier alpha value is -2.50. The quantitative estimate of drug-likeness (QED) is 0.878. The van der Waals surface area contributed by atoms with Crippen LogP contribution < -0.4 is 4.90 Å². The van der Waals surface area contributed by atoms with Gasteiger partial charge in [0.2, 0.25) is 5.91 Å². The number of carboxylic acids is 1. The Kier molecular flexibility index (Phi) is 3.29. The first-order valence-corrected chi connectivity index (χ1v) is 6.91. The van der Waals surface area contributed by atoms with Crippen LogP contribution in [-0.4, -0.2) is 53.0 Å². The summed E-state index contributed by atoms with van der Waals surface area (Å²) in [5, 5.41) is 9.89. The van der Waals surface area contributed by atoms with E-state index in [0.717, 1.165) is 42.8 Å². The molecule has 0 radical (unpaired) electrons. The molecule has 1 aromatic heterocycles. The number of carboxylic acid groups (broad SMARTS) is 1. The van der Waals surface area contributed by atoms with Crippen LogP contribution >= 0.6 is 0 Å². The van der Waals surface area contributed by atoms with Crippen molar-refractivity contribution in [2.75, 3.05) is 31.1 Å². The second-order valence-corrected chi connectivity index (χ2v) is 5.25. The number of carbonyl (C=O) groups excluding carboxylic acids is 1. The zero-order valence-corrected chi connectivity index (χ0v) is 11.8. The molecule has 0 saturated carbocycles. The molecular weight excluding hydrogens is 270 g/mol. The number of rotatable bonds is 2. The Labute approximate surface area is 122 Å². The highest BCUT2D eigenvalue weighted by Gasteiger charge is 2.19. The van der Waals surface area contributed by atoms with Gasteiger partial charge in [-0.15, -0.1) is 0 Å². The molecule has 2 N–H and O–H groups in total. The first-order valence-electron chi connectivity index (χ1n) is 6.91. The highest BCUT2D eigenvalue weighted by molar-refractivity contribution is 5.94. The van der Waals surface area contributed by atoms with Gasteiger partial charge in [-0.2, -0.15) is 0 Å². The molecule has 1 aliphatic rings. The van der Waals surface area contributed by atoms with Gasteiger partial charge in [0.25, 0.3) is 0 Å². The second kappa shape index (κ2) is 5.12. The van der Waals surface area contributed by atoms with E-state index in [0.29, 0.717) is 0 Å². The van der Waals surface area contributed by atoms with Gasteiger partial charge < -0.3 is 19.9 Å². The summed E-state index contributed by atoms with van der Waals surface area (Å²) in [6.45, 7) is 4.62. The molecular formula is C15H17N3O3. The second-order valence-electron chi connectivity index (χ2n) is 5.25. The molecule has 110 valence electrons. The van der Waals surface area contributed by atoms with Crippen LogP contribution in [0.4, 0.5) is 5.69 Å². The topological polar surface area (TPSA) is 76.6 Å². The number of aromatic amines is 1. The van der Waals surface area contributed by atoms with E-state index in [1.165, 1.54) is 0 Å². The Morgan fingerprint density at radius 2 is 1.86 bits per heavy atom. The largest absolute Gasteiger partial charge is 0.477 e. The number of nitrogens with zero attached hydrogens (tertiary/aromatic N) is 2. The average molecular weight is 287 g/mol. The van der Waals surface area contributed by atoms with Gasteiger partial charge in [0.05, 0.1) is 0 Å². The third-order valence-corrected chi connectivity index (χ3v) is 3.92. The van der Waals surface area contributed by atoms with E-state index in [9.17, 15) is 9.59 Å². The van der Waals surface area contributed by atoms with Crippen LogP contribution in [0.3, 0.4) is 0 Å². The predicted octanol–water partition coefficient (Wildman–Crippen LogP) is 1.53. The maximum atomic E-state index is 11.3. The first kappa shape index (κ1) is 13.5. The zero-order valence-electron chi connectivity index (χ0n) is 11.8. The Morgan fingerprint density at radius 1 is 1.14 bits per heavy atom. The predicted molar refractivity (Wildman–Crippen MR) is 79.7 cm³/mol. The summed E-state index contributed by atoms with van der Waals surface area (Å²) >= 11 is 0. The van der Waals surface area contributed by atoms with Crippen molar-refractivity contribution in [3.05, 3.63) is 30.0 Å². The van der Waals surface area contributed by atoms with E-state index in [1.807, 2.05) is 23.1 Å². The van der Waals surface area contributed by atoms with Crippen LogP contribution in [0.15, 0.2) is 24.3 Å². The first-order chi connectivity index (χ1) is 10.0. The molecule has 0 atom stereocenters. The molecule has 0 aliphatic carbocycles. The SMILES string of the molecule is CC(=O)N1CCN(c2ccc3[nH]c(C(=O)O)cc3c2)CC1. The fourth-order valence-corrected chi connectivity index (χ4v) is 2.71. The van der Waals surface area contributed by atoms with Crippen molar-refractivity contribution in [2.45, 2.75) is 6.92 Å². The molecule has 0 bridgehead atoms. The Bertz CT molecular complexity index is 699. The van der Waals surface area contributed by atoms with Crippen molar-refractivity contribution in [1.82, 2.24) is 9.88 Å². The molecule has 2 heterocycles. The third kappa shape index (κ3) is 2.56. The standard InChI is InChI=1S/C15H17N3O3/c1-10(19)17-4-6-18(7-5-17)12-2-3-13-11(8-12)9-14(16-13)15(20)21/h2-3,8-9,16H,4-7H2,1H3,(H,20,21). The van der Waals surface area contributed by atoms with E-state index in [1.54, 1.807) is 13.0 Å². The molecule has 1 saturated heterocycles. The summed E-state index contributed by atoms with van der Waals surface area (Å²) in [6, 6.07) is 7.51. The Balaban J connectivity index is 1.81. The lowest BCUT2D eigenvalue weighted by Crippen LogP contribution is -2.48. The monoisotopic (exact) mass is 287 g/mol. The van der Waals surface area contributed by atoms with Crippen LogP contribution in [-0.2, 0) is 4.79 Å². The van der Waals surface area contributed by atoms with Gasteiger partial charge in [0, 0.05) is 49.7 Å². The molecule has 6 heteroatoms. The summed E-state index contributed by atoms with van der Waals surface area (Å²) in [6.07, 6.45) is 0. The minimum absolute atomic E-state index is 0.113. The van der Waals surface area contributed by atoms with Crippen LogP contribution in [0, 0.1) is 0 Å². The lowest BCUT2D eigenvalue weighted by Gasteiger charge is -2.35. The van der Waals surface area contributed by atoms with E-state index in [-0.39, 0.29) is 11.6 Å². The molecule has 1 aromatic carbocycles.